The van der Waals surface area contributed by atoms with Gasteiger partial charge in [-0.2, -0.15) is 0 Å². The third-order valence-electron chi connectivity index (χ3n) is 5.12. The highest BCUT2D eigenvalue weighted by Crippen LogP contribution is 2.38. The molecule has 144 valence electrons. The predicted molar refractivity (Wildman–Crippen MR) is 115 cm³/mol. The Labute approximate surface area is 168 Å². The maximum atomic E-state index is 12.1. The van der Waals surface area contributed by atoms with Crippen molar-refractivity contribution in [3.8, 4) is 33.8 Å². The van der Waals surface area contributed by atoms with Gasteiger partial charge in [-0.1, -0.05) is 36.4 Å². The molecule has 0 fully saturated rings. The first-order valence-corrected chi connectivity index (χ1v) is 9.23. The molecule has 4 aromatic rings. The smallest absolute Gasteiger partial charge is 0.249 e. The minimum absolute atomic E-state index is 0.199. The van der Waals surface area contributed by atoms with E-state index in [1.807, 2.05) is 24.3 Å². The van der Waals surface area contributed by atoms with Crippen molar-refractivity contribution in [1.29, 1.82) is 0 Å². The van der Waals surface area contributed by atoms with Gasteiger partial charge in [-0.3, -0.25) is 4.79 Å². The summed E-state index contributed by atoms with van der Waals surface area (Å²) in [5.41, 5.74) is 19.3. The van der Waals surface area contributed by atoms with Crippen LogP contribution in [0.15, 0.2) is 60.8 Å². The van der Waals surface area contributed by atoms with Crippen molar-refractivity contribution in [1.82, 2.24) is 15.0 Å². The van der Waals surface area contributed by atoms with Crippen LogP contribution in [0, 0.1) is 13.8 Å². The SMILES string of the molecule is Cc1cccc(-c2[nH]c(-c3ccnc(N)n3)cc2-c2ccccc2C(N)=O)c1C. The number of nitrogens with one attached hydrogen (secondary N) is 1. The minimum atomic E-state index is -0.471. The number of hydrogen-bond acceptors (Lipinski definition) is 4. The Morgan fingerprint density at radius 3 is 2.48 bits per heavy atom. The maximum absolute atomic E-state index is 12.1. The Bertz CT molecular complexity index is 1230. The van der Waals surface area contributed by atoms with Crippen LogP contribution in [0.5, 0.6) is 0 Å². The molecule has 0 bridgehead atoms. The molecule has 0 spiro atoms. The van der Waals surface area contributed by atoms with Crippen LogP contribution in [0.4, 0.5) is 5.95 Å². The van der Waals surface area contributed by atoms with E-state index in [1.165, 1.54) is 5.56 Å². The van der Waals surface area contributed by atoms with Crippen molar-refractivity contribution < 1.29 is 4.79 Å². The van der Waals surface area contributed by atoms with Crippen LogP contribution in [-0.4, -0.2) is 20.9 Å². The van der Waals surface area contributed by atoms with Crippen molar-refractivity contribution >= 4 is 11.9 Å². The van der Waals surface area contributed by atoms with Crippen LogP contribution in [0.2, 0.25) is 0 Å². The van der Waals surface area contributed by atoms with E-state index in [0.29, 0.717) is 11.3 Å². The summed E-state index contributed by atoms with van der Waals surface area (Å²) in [6, 6.07) is 17.2. The highest BCUT2D eigenvalue weighted by atomic mass is 16.1. The lowest BCUT2D eigenvalue weighted by atomic mass is 9.93. The molecule has 2 aromatic heterocycles. The van der Waals surface area contributed by atoms with Gasteiger partial charge in [-0.25, -0.2) is 9.97 Å². The number of nitrogen functional groups attached to an aromatic ring is 1. The molecule has 0 aliphatic rings. The molecule has 4 rings (SSSR count). The Morgan fingerprint density at radius 1 is 0.966 bits per heavy atom. The second kappa shape index (κ2) is 7.24. The zero-order valence-electron chi connectivity index (χ0n) is 16.2. The standard InChI is InChI=1S/C23H21N5O/c1-13-6-5-9-15(14(13)2)21-18(16-7-3-4-8-17(16)22(24)29)12-20(27-21)19-10-11-26-23(25)28-19/h3-12,27H,1-2H3,(H2,24,29)(H2,25,26,28). The Morgan fingerprint density at radius 2 is 1.72 bits per heavy atom. The van der Waals surface area contributed by atoms with E-state index in [4.69, 9.17) is 11.5 Å². The quantitative estimate of drug-likeness (QED) is 0.492. The number of carbonyl (C=O) groups excluding carboxylic acids is 1. The topological polar surface area (TPSA) is 111 Å². The molecule has 1 amide bonds. The van der Waals surface area contributed by atoms with Gasteiger partial charge in [0.05, 0.1) is 17.1 Å². The molecule has 6 heteroatoms. The van der Waals surface area contributed by atoms with Crippen LogP contribution < -0.4 is 11.5 Å². The second-order valence-electron chi connectivity index (χ2n) is 6.93. The van der Waals surface area contributed by atoms with Crippen LogP contribution in [0.25, 0.3) is 33.8 Å². The average molecular weight is 383 g/mol. The van der Waals surface area contributed by atoms with Crippen LogP contribution in [0.1, 0.15) is 21.5 Å². The first kappa shape index (κ1) is 18.4. The summed E-state index contributed by atoms with van der Waals surface area (Å²) >= 11 is 0. The van der Waals surface area contributed by atoms with Gasteiger partial charge in [0.2, 0.25) is 11.9 Å². The number of amides is 1. The molecule has 2 heterocycles. The molecule has 6 nitrogen and oxygen atoms in total. The predicted octanol–water partition coefficient (Wildman–Crippen LogP) is 4.10. The number of nitrogens with two attached hydrogens (primary N) is 2. The lowest BCUT2D eigenvalue weighted by molar-refractivity contribution is 0.100. The Balaban J connectivity index is 2.02. The minimum Gasteiger partial charge on any atom is -0.368 e. The molecule has 0 aliphatic heterocycles. The first-order chi connectivity index (χ1) is 14.0. The number of anilines is 1. The summed E-state index contributed by atoms with van der Waals surface area (Å²) < 4.78 is 0. The van der Waals surface area contributed by atoms with E-state index in [1.54, 1.807) is 24.4 Å². The molecule has 0 unspecified atom stereocenters. The normalized spacial score (nSPS) is 10.8. The third kappa shape index (κ3) is 3.36. The summed E-state index contributed by atoms with van der Waals surface area (Å²) in [5.74, 6) is -0.272. The summed E-state index contributed by atoms with van der Waals surface area (Å²) in [7, 11) is 0. The van der Waals surface area contributed by atoms with E-state index in [0.717, 1.165) is 33.6 Å². The third-order valence-corrected chi connectivity index (χ3v) is 5.12. The molecule has 5 N–H and O–H groups in total. The van der Waals surface area contributed by atoms with Crippen molar-refractivity contribution in [2.45, 2.75) is 13.8 Å². The largest absolute Gasteiger partial charge is 0.368 e. The fourth-order valence-electron chi connectivity index (χ4n) is 3.50. The second-order valence-corrected chi connectivity index (χ2v) is 6.93. The zero-order chi connectivity index (χ0) is 20.5. The lowest BCUT2D eigenvalue weighted by Gasteiger charge is -2.12. The van der Waals surface area contributed by atoms with Gasteiger partial charge in [-0.15, -0.1) is 0 Å². The molecular formula is C23H21N5O. The number of primary amides is 1. The molecular weight excluding hydrogens is 362 g/mol. The number of hydrogen-bond donors (Lipinski definition) is 3. The number of aryl methyl sites for hydroxylation is 1. The molecule has 0 saturated carbocycles. The van der Waals surface area contributed by atoms with E-state index in [2.05, 4.69) is 40.9 Å². The van der Waals surface area contributed by atoms with Crippen molar-refractivity contribution in [3.05, 3.63) is 77.5 Å². The van der Waals surface area contributed by atoms with Crippen molar-refractivity contribution in [2.75, 3.05) is 5.73 Å². The molecule has 2 aromatic carbocycles. The average Bonchev–Trinajstić information content (AvgIpc) is 3.15. The molecule has 0 radical (unpaired) electrons. The number of benzene rings is 2. The molecule has 0 aliphatic carbocycles. The summed E-state index contributed by atoms with van der Waals surface area (Å²) in [6.45, 7) is 4.16. The van der Waals surface area contributed by atoms with Crippen LogP contribution >= 0.6 is 0 Å². The summed E-state index contributed by atoms with van der Waals surface area (Å²) in [4.78, 5) is 23.8. The van der Waals surface area contributed by atoms with Gasteiger partial charge in [0, 0.05) is 22.9 Å². The number of rotatable bonds is 4. The van der Waals surface area contributed by atoms with E-state index in [-0.39, 0.29) is 5.95 Å². The fraction of sp³-hybridized carbons (Fsp3) is 0.0870. The zero-order valence-corrected chi connectivity index (χ0v) is 16.2. The first-order valence-electron chi connectivity index (χ1n) is 9.23. The number of aromatic nitrogens is 3. The highest BCUT2D eigenvalue weighted by molar-refractivity contribution is 6.02. The number of nitrogens with zero attached hydrogens (tertiary/aromatic N) is 2. The molecule has 29 heavy (non-hydrogen) atoms. The van der Waals surface area contributed by atoms with Gasteiger partial charge in [0.1, 0.15) is 0 Å². The van der Waals surface area contributed by atoms with Gasteiger partial charge in [-0.05, 0) is 48.7 Å². The Hall–Kier alpha value is -3.93. The lowest BCUT2D eigenvalue weighted by Crippen LogP contribution is -2.12. The molecule has 0 saturated heterocycles. The number of carbonyl (C=O) groups is 1. The van der Waals surface area contributed by atoms with Gasteiger partial charge in [0.15, 0.2) is 0 Å². The summed E-state index contributed by atoms with van der Waals surface area (Å²) in [6.07, 6.45) is 1.62. The van der Waals surface area contributed by atoms with Crippen LogP contribution in [0.3, 0.4) is 0 Å². The Kier molecular flexibility index (Phi) is 4.60. The van der Waals surface area contributed by atoms with Crippen molar-refractivity contribution in [3.63, 3.8) is 0 Å². The van der Waals surface area contributed by atoms with Gasteiger partial charge in [0.25, 0.3) is 0 Å². The monoisotopic (exact) mass is 383 g/mol. The van der Waals surface area contributed by atoms with E-state index >= 15 is 0 Å². The summed E-state index contributed by atoms with van der Waals surface area (Å²) in [5, 5.41) is 0. The van der Waals surface area contributed by atoms with Gasteiger partial charge >= 0.3 is 0 Å². The highest BCUT2D eigenvalue weighted by Gasteiger charge is 2.19. The van der Waals surface area contributed by atoms with E-state index < -0.39 is 5.91 Å². The van der Waals surface area contributed by atoms with Crippen LogP contribution in [-0.2, 0) is 0 Å². The van der Waals surface area contributed by atoms with Gasteiger partial charge < -0.3 is 16.5 Å². The number of H-pyrrole nitrogens is 1. The van der Waals surface area contributed by atoms with Crippen molar-refractivity contribution in [2.24, 2.45) is 5.73 Å². The van der Waals surface area contributed by atoms with E-state index in [9.17, 15) is 4.79 Å². The maximum Gasteiger partial charge on any atom is 0.249 e. The molecule has 0 atom stereocenters. The fourth-order valence-corrected chi connectivity index (χ4v) is 3.50. The number of aromatic amines is 1.